The molecule has 0 aromatic rings. The Hall–Kier alpha value is -0.780. The van der Waals surface area contributed by atoms with Gasteiger partial charge in [0.2, 0.25) is 5.91 Å². The minimum Gasteiger partial charge on any atom is -0.342 e. The molecule has 1 aliphatic carbocycles. The van der Waals surface area contributed by atoms with E-state index in [4.69, 9.17) is 5.73 Å². The molecule has 0 bridgehead atoms. The maximum absolute atomic E-state index is 13.1. The molecule has 1 rings (SSSR count). The fraction of sp³-hybridized carbons (Fsp3) is 0.929. The van der Waals surface area contributed by atoms with Gasteiger partial charge in [0.15, 0.2) is 0 Å². The van der Waals surface area contributed by atoms with Crippen molar-refractivity contribution in [3.8, 4) is 0 Å². The maximum Gasteiger partial charge on any atom is 0.392 e. The molecule has 3 atom stereocenters. The van der Waals surface area contributed by atoms with Gasteiger partial charge in [0.05, 0.1) is 5.92 Å². The predicted molar refractivity (Wildman–Crippen MR) is 72.0 cm³/mol. The molecule has 0 aliphatic heterocycles. The first-order valence-corrected chi connectivity index (χ1v) is 7.36. The van der Waals surface area contributed by atoms with E-state index in [0.29, 0.717) is 38.9 Å². The average molecular weight is 294 g/mol. The second kappa shape index (κ2) is 7.29. The summed E-state index contributed by atoms with van der Waals surface area (Å²) >= 11 is 0. The Morgan fingerprint density at radius 2 is 1.95 bits per heavy atom. The molecule has 3 nitrogen and oxygen atoms in total. The number of hydrogen-bond acceptors (Lipinski definition) is 2. The van der Waals surface area contributed by atoms with Crippen LogP contribution in [-0.2, 0) is 4.79 Å². The summed E-state index contributed by atoms with van der Waals surface area (Å²) in [6.45, 7) is 5.00. The van der Waals surface area contributed by atoms with Gasteiger partial charge in [-0.25, -0.2) is 0 Å². The number of carbonyl (C=O) groups is 1. The predicted octanol–water partition coefficient (Wildman–Crippen LogP) is 2.80. The zero-order valence-electron chi connectivity index (χ0n) is 12.2. The van der Waals surface area contributed by atoms with Crippen LogP contribution >= 0.6 is 0 Å². The second-order valence-electron chi connectivity index (χ2n) is 5.76. The number of alkyl halides is 3. The van der Waals surface area contributed by atoms with Gasteiger partial charge in [0.25, 0.3) is 0 Å². The molecule has 0 radical (unpaired) electrons. The van der Waals surface area contributed by atoms with Crippen LogP contribution in [0.2, 0.25) is 0 Å². The van der Waals surface area contributed by atoms with E-state index in [-0.39, 0.29) is 18.2 Å². The lowest BCUT2D eigenvalue weighted by Crippen LogP contribution is -2.46. The highest BCUT2D eigenvalue weighted by atomic mass is 19.4. The van der Waals surface area contributed by atoms with Crippen LogP contribution in [0.3, 0.4) is 0 Å². The van der Waals surface area contributed by atoms with Crippen molar-refractivity contribution in [2.75, 3.05) is 19.6 Å². The molecule has 6 heteroatoms. The van der Waals surface area contributed by atoms with Crippen LogP contribution < -0.4 is 5.73 Å². The van der Waals surface area contributed by atoms with Crippen molar-refractivity contribution in [3.63, 3.8) is 0 Å². The van der Waals surface area contributed by atoms with E-state index >= 15 is 0 Å². The van der Waals surface area contributed by atoms with Gasteiger partial charge in [0, 0.05) is 19.0 Å². The Bertz CT molecular complexity index is 320. The number of carbonyl (C=O) groups excluding carboxylic acids is 1. The third kappa shape index (κ3) is 4.36. The lowest BCUT2D eigenvalue weighted by molar-refractivity contribution is -0.201. The van der Waals surface area contributed by atoms with Gasteiger partial charge < -0.3 is 10.6 Å². The van der Waals surface area contributed by atoms with Crippen molar-refractivity contribution in [1.29, 1.82) is 0 Å². The monoisotopic (exact) mass is 294 g/mol. The Balaban J connectivity index is 2.80. The SMILES string of the molecule is CCN(CC(C)CN)C(=O)C1CCCCC1C(F)(F)F. The van der Waals surface area contributed by atoms with E-state index in [0.717, 1.165) is 0 Å². The first kappa shape index (κ1) is 17.3. The zero-order chi connectivity index (χ0) is 15.3. The molecule has 0 spiro atoms. The van der Waals surface area contributed by atoms with Gasteiger partial charge >= 0.3 is 6.18 Å². The fourth-order valence-electron chi connectivity index (χ4n) is 2.88. The number of halogens is 3. The van der Waals surface area contributed by atoms with Crippen LogP contribution in [0.15, 0.2) is 0 Å². The second-order valence-corrected chi connectivity index (χ2v) is 5.76. The number of nitrogens with two attached hydrogens (primary N) is 1. The molecule has 0 saturated heterocycles. The van der Waals surface area contributed by atoms with Gasteiger partial charge in [-0.15, -0.1) is 0 Å². The first-order chi connectivity index (χ1) is 9.31. The number of amides is 1. The summed E-state index contributed by atoms with van der Waals surface area (Å²) in [7, 11) is 0. The molecule has 3 unspecified atom stereocenters. The molecule has 0 aromatic heterocycles. The summed E-state index contributed by atoms with van der Waals surface area (Å²) in [6.07, 6.45) is -2.60. The molecule has 1 saturated carbocycles. The van der Waals surface area contributed by atoms with Crippen molar-refractivity contribution < 1.29 is 18.0 Å². The highest BCUT2D eigenvalue weighted by molar-refractivity contribution is 5.79. The lowest BCUT2D eigenvalue weighted by Gasteiger charge is -2.36. The van der Waals surface area contributed by atoms with Crippen molar-refractivity contribution in [2.45, 2.75) is 45.7 Å². The molecule has 0 heterocycles. The number of hydrogen-bond donors (Lipinski definition) is 1. The van der Waals surface area contributed by atoms with Crippen LogP contribution in [-0.4, -0.2) is 36.6 Å². The molecular formula is C14H25F3N2O. The summed E-state index contributed by atoms with van der Waals surface area (Å²) in [5.41, 5.74) is 5.53. The molecule has 2 N–H and O–H groups in total. The van der Waals surface area contributed by atoms with E-state index in [1.165, 1.54) is 4.90 Å². The Labute approximate surface area is 118 Å². The standard InChI is InChI=1S/C14H25F3N2O/c1-3-19(9-10(2)8-18)13(20)11-6-4-5-7-12(11)14(15,16)17/h10-12H,3-9,18H2,1-2H3. The van der Waals surface area contributed by atoms with Crippen molar-refractivity contribution in [2.24, 2.45) is 23.5 Å². The lowest BCUT2D eigenvalue weighted by atomic mass is 9.78. The average Bonchev–Trinajstić information content (AvgIpc) is 2.42. The molecule has 1 aliphatic rings. The summed E-state index contributed by atoms with van der Waals surface area (Å²) in [5, 5.41) is 0. The first-order valence-electron chi connectivity index (χ1n) is 7.36. The Morgan fingerprint density at radius 1 is 1.35 bits per heavy atom. The van der Waals surface area contributed by atoms with Gasteiger partial charge in [-0.1, -0.05) is 19.8 Å². The van der Waals surface area contributed by atoms with Crippen molar-refractivity contribution in [1.82, 2.24) is 4.90 Å². The minimum absolute atomic E-state index is 0.0733. The zero-order valence-corrected chi connectivity index (χ0v) is 12.2. The van der Waals surface area contributed by atoms with Crippen LogP contribution in [0.1, 0.15) is 39.5 Å². The van der Waals surface area contributed by atoms with Gasteiger partial charge in [-0.2, -0.15) is 13.2 Å². The van der Waals surface area contributed by atoms with Gasteiger partial charge in [-0.3, -0.25) is 4.79 Å². The van der Waals surface area contributed by atoms with E-state index < -0.39 is 18.0 Å². The molecule has 118 valence electrons. The molecular weight excluding hydrogens is 269 g/mol. The van der Waals surface area contributed by atoms with Crippen LogP contribution in [0.25, 0.3) is 0 Å². The molecule has 1 fully saturated rings. The smallest absolute Gasteiger partial charge is 0.342 e. The third-order valence-electron chi connectivity index (χ3n) is 4.13. The Morgan fingerprint density at radius 3 is 2.45 bits per heavy atom. The van der Waals surface area contributed by atoms with Crippen LogP contribution in [0, 0.1) is 17.8 Å². The van der Waals surface area contributed by atoms with Crippen molar-refractivity contribution >= 4 is 5.91 Å². The normalized spacial score (nSPS) is 25.3. The minimum atomic E-state index is -4.28. The van der Waals surface area contributed by atoms with E-state index in [1.54, 1.807) is 6.92 Å². The number of rotatable bonds is 5. The molecule has 20 heavy (non-hydrogen) atoms. The summed E-state index contributed by atoms with van der Waals surface area (Å²) in [6, 6.07) is 0. The largest absolute Gasteiger partial charge is 0.392 e. The third-order valence-corrected chi connectivity index (χ3v) is 4.13. The number of nitrogens with zero attached hydrogens (tertiary/aromatic N) is 1. The highest BCUT2D eigenvalue weighted by Gasteiger charge is 2.48. The topological polar surface area (TPSA) is 46.3 Å². The molecule has 0 aromatic carbocycles. The van der Waals surface area contributed by atoms with Crippen molar-refractivity contribution in [3.05, 3.63) is 0 Å². The quantitative estimate of drug-likeness (QED) is 0.847. The van der Waals surface area contributed by atoms with Gasteiger partial charge in [0.1, 0.15) is 0 Å². The summed E-state index contributed by atoms with van der Waals surface area (Å²) in [5.74, 6) is -2.64. The fourth-order valence-corrected chi connectivity index (χ4v) is 2.88. The van der Waals surface area contributed by atoms with Gasteiger partial charge in [-0.05, 0) is 32.2 Å². The summed E-state index contributed by atoms with van der Waals surface area (Å²) < 4.78 is 39.2. The van der Waals surface area contributed by atoms with E-state index in [9.17, 15) is 18.0 Å². The highest BCUT2D eigenvalue weighted by Crippen LogP contribution is 2.42. The maximum atomic E-state index is 13.1. The Kier molecular flexibility index (Phi) is 6.30. The van der Waals surface area contributed by atoms with Crippen LogP contribution in [0.5, 0.6) is 0 Å². The van der Waals surface area contributed by atoms with E-state index in [2.05, 4.69) is 0 Å². The van der Waals surface area contributed by atoms with Crippen LogP contribution in [0.4, 0.5) is 13.2 Å². The molecule has 1 amide bonds. The summed E-state index contributed by atoms with van der Waals surface area (Å²) in [4.78, 5) is 14.0. The van der Waals surface area contributed by atoms with E-state index in [1.807, 2.05) is 6.92 Å².